The molecule has 19 heavy (non-hydrogen) atoms. The number of aliphatic hydroxyl groups is 1. The van der Waals surface area contributed by atoms with Gasteiger partial charge in [0, 0.05) is 12.0 Å². The number of para-hydroxylation sites is 1. The fourth-order valence-corrected chi connectivity index (χ4v) is 2.40. The highest BCUT2D eigenvalue weighted by Gasteiger charge is 2.15. The van der Waals surface area contributed by atoms with Gasteiger partial charge in [0.05, 0.1) is 23.3 Å². The van der Waals surface area contributed by atoms with E-state index in [2.05, 4.69) is 0 Å². The van der Waals surface area contributed by atoms with Crippen LogP contribution < -0.4 is 4.74 Å². The molecular weight excluding hydrogens is 283 g/mol. The quantitative estimate of drug-likeness (QED) is 0.912. The first-order valence-electron chi connectivity index (χ1n) is 5.87. The summed E-state index contributed by atoms with van der Waals surface area (Å²) in [6.45, 7) is 0. The van der Waals surface area contributed by atoms with Crippen molar-refractivity contribution in [2.24, 2.45) is 0 Å². The number of methoxy groups -OCH3 is 1. The third-order valence-corrected chi connectivity index (χ3v) is 3.78. The minimum absolute atomic E-state index is 0.395. The second kappa shape index (κ2) is 6.29. The summed E-state index contributed by atoms with van der Waals surface area (Å²) in [6.07, 6.45) is -0.299. The Hall–Kier alpha value is -1.22. The third-order valence-electron chi connectivity index (χ3n) is 2.95. The van der Waals surface area contributed by atoms with Crippen molar-refractivity contribution in [1.29, 1.82) is 0 Å². The highest BCUT2D eigenvalue weighted by molar-refractivity contribution is 6.42. The molecule has 2 aromatic rings. The maximum absolute atomic E-state index is 10.3. The maximum atomic E-state index is 10.3. The summed E-state index contributed by atoms with van der Waals surface area (Å²) < 4.78 is 5.27. The summed E-state index contributed by atoms with van der Waals surface area (Å²) in [6, 6.07) is 12.8. The van der Waals surface area contributed by atoms with Crippen LogP contribution in [-0.2, 0) is 6.42 Å². The van der Waals surface area contributed by atoms with E-state index in [0.717, 1.165) is 11.3 Å². The van der Waals surface area contributed by atoms with Crippen LogP contribution in [0.5, 0.6) is 5.75 Å². The molecule has 1 atom stereocenters. The maximum Gasteiger partial charge on any atom is 0.122 e. The minimum atomic E-state index is -0.720. The third kappa shape index (κ3) is 3.21. The molecule has 0 bridgehead atoms. The average Bonchev–Trinajstić information content (AvgIpc) is 2.42. The van der Waals surface area contributed by atoms with E-state index in [1.54, 1.807) is 25.3 Å². The molecule has 100 valence electrons. The van der Waals surface area contributed by atoms with Crippen molar-refractivity contribution in [3.05, 3.63) is 63.6 Å². The van der Waals surface area contributed by atoms with Gasteiger partial charge in [-0.1, -0.05) is 53.5 Å². The number of benzene rings is 2. The van der Waals surface area contributed by atoms with Crippen molar-refractivity contribution in [1.82, 2.24) is 0 Å². The number of aliphatic hydroxyl groups excluding tert-OH is 1. The van der Waals surface area contributed by atoms with Crippen LogP contribution >= 0.6 is 23.2 Å². The molecule has 1 unspecified atom stereocenters. The van der Waals surface area contributed by atoms with Crippen LogP contribution in [0.4, 0.5) is 0 Å². The molecule has 2 rings (SSSR count). The molecule has 0 fully saturated rings. The van der Waals surface area contributed by atoms with Crippen LogP contribution in [0.15, 0.2) is 42.5 Å². The molecule has 0 radical (unpaired) electrons. The van der Waals surface area contributed by atoms with Gasteiger partial charge < -0.3 is 9.84 Å². The smallest absolute Gasteiger partial charge is 0.122 e. The Morgan fingerprint density at radius 2 is 1.84 bits per heavy atom. The van der Waals surface area contributed by atoms with Gasteiger partial charge in [0.15, 0.2) is 0 Å². The Bertz CT molecular complexity index is 570. The number of rotatable bonds is 4. The lowest BCUT2D eigenvalue weighted by molar-refractivity contribution is 0.177. The summed E-state index contributed by atoms with van der Waals surface area (Å²) in [4.78, 5) is 0. The average molecular weight is 297 g/mol. The highest BCUT2D eigenvalue weighted by atomic mass is 35.5. The Labute approximate surface area is 122 Å². The van der Waals surface area contributed by atoms with Crippen molar-refractivity contribution in [3.63, 3.8) is 0 Å². The molecular formula is C15H14Cl2O2. The van der Waals surface area contributed by atoms with E-state index < -0.39 is 6.10 Å². The number of hydrogen-bond donors (Lipinski definition) is 1. The van der Waals surface area contributed by atoms with Crippen LogP contribution in [-0.4, -0.2) is 12.2 Å². The standard InChI is InChI=1S/C15H14Cl2O2/c1-19-14-8-3-2-5-10(14)9-13(18)11-6-4-7-12(16)15(11)17/h2-8,13,18H,9H2,1H3. The van der Waals surface area contributed by atoms with Gasteiger partial charge in [-0.2, -0.15) is 0 Å². The Morgan fingerprint density at radius 1 is 1.11 bits per heavy atom. The fourth-order valence-electron chi connectivity index (χ4n) is 1.97. The van der Waals surface area contributed by atoms with Crippen molar-refractivity contribution in [3.8, 4) is 5.75 Å². The van der Waals surface area contributed by atoms with Gasteiger partial charge in [0.2, 0.25) is 0 Å². The Balaban J connectivity index is 2.26. The van der Waals surface area contributed by atoms with Crippen LogP contribution in [0.3, 0.4) is 0 Å². The van der Waals surface area contributed by atoms with Crippen molar-refractivity contribution >= 4 is 23.2 Å². The lowest BCUT2D eigenvalue weighted by Gasteiger charge is -2.15. The van der Waals surface area contributed by atoms with Crippen LogP contribution in [0.2, 0.25) is 10.0 Å². The van der Waals surface area contributed by atoms with Gasteiger partial charge in [0.1, 0.15) is 5.75 Å². The van der Waals surface area contributed by atoms with E-state index in [4.69, 9.17) is 27.9 Å². The van der Waals surface area contributed by atoms with Crippen LogP contribution in [0.1, 0.15) is 17.2 Å². The first kappa shape index (κ1) is 14.2. The molecule has 0 aromatic heterocycles. The van der Waals surface area contributed by atoms with E-state index in [1.807, 2.05) is 24.3 Å². The van der Waals surface area contributed by atoms with E-state index in [9.17, 15) is 5.11 Å². The molecule has 0 spiro atoms. The normalized spacial score (nSPS) is 12.2. The summed E-state index contributed by atoms with van der Waals surface area (Å²) >= 11 is 12.1. The molecule has 0 aliphatic heterocycles. The predicted octanol–water partition coefficient (Wildman–Crippen LogP) is 4.28. The van der Waals surface area contributed by atoms with Gasteiger partial charge in [-0.3, -0.25) is 0 Å². The van der Waals surface area contributed by atoms with Crippen LogP contribution in [0, 0.1) is 0 Å². The second-order valence-electron chi connectivity index (χ2n) is 4.17. The Kier molecular flexibility index (Phi) is 4.70. The molecule has 0 saturated heterocycles. The van der Waals surface area contributed by atoms with Crippen molar-refractivity contribution in [2.75, 3.05) is 7.11 Å². The lowest BCUT2D eigenvalue weighted by atomic mass is 10.0. The van der Waals surface area contributed by atoms with Crippen molar-refractivity contribution < 1.29 is 9.84 Å². The number of ether oxygens (including phenoxy) is 1. The van der Waals surface area contributed by atoms with E-state index in [0.29, 0.717) is 22.0 Å². The number of hydrogen-bond acceptors (Lipinski definition) is 2. The largest absolute Gasteiger partial charge is 0.496 e. The van der Waals surface area contributed by atoms with E-state index in [-0.39, 0.29) is 0 Å². The van der Waals surface area contributed by atoms with Gasteiger partial charge in [-0.25, -0.2) is 0 Å². The second-order valence-corrected chi connectivity index (χ2v) is 4.96. The number of halogens is 2. The molecule has 4 heteroatoms. The monoisotopic (exact) mass is 296 g/mol. The Morgan fingerprint density at radius 3 is 2.58 bits per heavy atom. The van der Waals surface area contributed by atoms with Gasteiger partial charge >= 0.3 is 0 Å². The fraction of sp³-hybridized carbons (Fsp3) is 0.200. The first-order chi connectivity index (χ1) is 9.13. The van der Waals surface area contributed by atoms with Gasteiger partial charge in [0.25, 0.3) is 0 Å². The molecule has 2 aromatic carbocycles. The van der Waals surface area contributed by atoms with Gasteiger partial charge in [-0.15, -0.1) is 0 Å². The van der Waals surface area contributed by atoms with E-state index in [1.165, 1.54) is 0 Å². The molecule has 2 nitrogen and oxygen atoms in total. The highest BCUT2D eigenvalue weighted by Crippen LogP contribution is 2.32. The summed E-state index contributed by atoms with van der Waals surface area (Å²) in [5.41, 5.74) is 1.55. The summed E-state index contributed by atoms with van der Waals surface area (Å²) in [7, 11) is 1.61. The van der Waals surface area contributed by atoms with E-state index >= 15 is 0 Å². The minimum Gasteiger partial charge on any atom is -0.496 e. The molecule has 0 saturated carbocycles. The molecule has 0 amide bonds. The summed E-state index contributed by atoms with van der Waals surface area (Å²) in [5, 5.41) is 11.1. The topological polar surface area (TPSA) is 29.5 Å². The molecule has 0 aliphatic carbocycles. The zero-order chi connectivity index (χ0) is 13.8. The lowest BCUT2D eigenvalue weighted by Crippen LogP contribution is -2.04. The van der Waals surface area contributed by atoms with Crippen LogP contribution in [0.25, 0.3) is 0 Å². The molecule has 0 heterocycles. The summed E-state index contributed by atoms with van der Waals surface area (Å²) in [5.74, 6) is 0.750. The zero-order valence-corrected chi connectivity index (χ0v) is 11.9. The zero-order valence-electron chi connectivity index (χ0n) is 10.4. The first-order valence-corrected chi connectivity index (χ1v) is 6.63. The van der Waals surface area contributed by atoms with Crippen molar-refractivity contribution in [2.45, 2.75) is 12.5 Å². The molecule has 0 aliphatic rings. The molecule has 1 N–H and O–H groups in total. The predicted molar refractivity (Wildman–Crippen MR) is 78.1 cm³/mol. The SMILES string of the molecule is COc1ccccc1CC(O)c1cccc(Cl)c1Cl. The van der Waals surface area contributed by atoms with Gasteiger partial charge in [-0.05, 0) is 17.7 Å².